The summed E-state index contributed by atoms with van der Waals surface area (Å²) in [5.41, 5.74) is 10.1. The minimum atomic E-state index is -0.447. The largest absolute Gasteiger partial charge is 0.208 e. The molecule has 0 unspecified atom stereocenters. The fourth-order valence-electron chi connectivity index (χ4n) is 8.83. The number of nitrogens with zero attached hydrogens (tertiary/aromatic N) is 3. The number of hydrogen-bond donors (Lipinski definition) is 0. The van der Waals surface area contributed by atoms with Crippen LogP contribution in [0.15, 0.2) is 200 Å². The van der Waals surface area contributed by atoms with Crippen LogP contribution < -0.4 is 0 Å². The minimum Gasteiger partial charge on any atom is -0.208 e. The van der Waals surface area contributed by atoms with Crippen LogP contribution in [0.2, 0.25) is 0 Å². The monoisotopic (exact) mass is 699 g/mol. The number of rotatable bonds is 5. The third-order valence-electron chi connectivity index (χ3n) is 11.3. The first-order chi connectivity index (χ1) is 27.2. The molecule has 1 aromatic heterocycles. The number of fused-ring (bicyclic) bond motifs is 6. The van der Waals surface area contributed by atoms with E-state index < -0.39 is 5.41 Å². The SMILES string of the molecule is c1ccc(C2(c3ccccc3)c3ccccc3-c3cc4cc(-c5nc(-c6ccc7ccccc7c6)nc(-c6cccc7ccccc67)n5)ccc4cc32)cc1. The molecule has 3 nitrogen and oxygen atoms in total. The molecule has 0 bridgehead atoms. The molecular formula is C52H33N3. The predicted octanol–water partition coefficient (Wildman–Crippen LogP) is 12.7. The van der Waals surface area contributed by atoms with Crippen molar-refractivity contribution < 1.29 is 0 Å². The van der Waals surface area contributed by atoms with Crippen molar-refractivity contribution >= 4 is 32.3 Å². The Hall–Kier alpha value is -7.23. The lowest BCUT2D eigenvalue weighted by Crippen LogP contribution is -2.28. The van der Waals surface area contributed by atoms with Crippen LogP contribution in [-0.2, 0) is 5.41 Å². The molecule has 0 aliphatic heterocycles. The van der Waals surface area contributed by atoms with E-state index in [9.17, 15) is 0 Å². The van der Waals surface area contributed by atoms with E-state index in [2.05, 4.69) is 200 Å². The Morgan fingerprint density at radius 3 is 1.56 bits per heavy atom. The maximum absolute atomic E-state index is 5.21. The first kappa shape index (κ1) is 31.3. The molecule has 0 N–H and O–H groups in total. The second-order valence-corrected chi connectivity index (χ2v) is 14.4. The summed E-state index contributed by atoms with van der Waals surface area (Å²) in [5.74, 6) is 1.95. The Bertz CT molecular complexity index is 3050. The lowest BCUT2D eigenvalue weighted by Gasteiger charge is -2.34. The van der Waals surface area contributed by atoms with Crippen LogP contribution in [-0.4, -0.2) is 15.0 Å². The van der Waals surface area contributed by atoms with Gasteiger partial charge in [-0.1, -0.05) is 176 Å². The smallest absolute Gasteiger partial charge is 0.164 e. The van der Waals surface area contributed by atoms with Crippen molar-refractivity contribution in [2.75, 3.05) is 0 Å². The van der Waals surface area contributed by atoms with Gasteiger partial charge in [0.05, 0.1) is 5.41 Å². The maximum Gasteiger partial charge on any atom is 0.164 e. The van der Waals surface area contributed by atoms with Gasteiger partial charge in [-0.05, 0) is 90.0 Å². The molecule has 0 amide bonds. The molecule has 0 atom stereocenters. The summed E-state index contributed by atoms with van der Waals surface area (Å²) in [4.78, 5) is 15.5. The van der Waals surface area contributed by atoms with Crippen LogP contribution in [0.5, 0.6) is 0 Å². The van der Waals surface area contributed by atoms with Gasteiger partial charge in [-0.25, -0.2) is 15.0 Å². The van der Waals surface area contributed by atoms with Crippen LogP contribution >= 0.6 is 0 Å². The summed E-state index contributed by atoms with van der Waals surface area (Å²) in [6.07, 6.45) is 0. The van der Waals surface area contributed by atoms with E-state index in [0.717, 1.165) is 38.2 Å². The van der Waals surface area contributed by atoms with Gasteiger partial charge in [0.2, 0.25) is 0 Å². The molecule has 11 rings (SSSR count). The van der Waals surface area contributed by atoms with Gasteiger partial charge in [0, 0.05) is 16.7 Å². The van der Waals surface area contributed by atoms with Gasteiger partial charge < -0.3 is 0 Å². The van der Waals surface area contributed by atoms with Crippen LogP contribution in [0.3, 0.4) is 0 Å². The predicted molar refractivity (Wildman–Crippen MR) is 226 cm³/mol. The fraction of sp³-hybridized carbons (Fsp3) is 0.0192. The van der Waals surface area contributed by atoms with E-state index in [-0.39, 0.29) is 0 Å². The summed E-state index contributed by atoms with van der Waals surface area (Å²) in [7, 11) is 0. The van der Waals surface area contributed by atoms with Crippen molar-refractivity contribution in [3.8, 4) is 45.3 Å². The summed E-state index contributed by atoms with van der Waals surface area (Å²) in [5, 5.41) is 6.90. The first-order valence-electron chi connectivity index (χ1n) is 18.8. The average molecular weight is 700 g/mol. The summed E-state index contributed by atoms with van der Waals surface area (Å²) < 4.78 is 0. The first-order valence-corrected chi connectivity index (χ1v) is 18.8. The topological polar surface area (TPSA) is 38.7 Å². The van der Waals surface area contributed by atoms with Crippen LogP contribution in [0.4, 0.5) is 0 Å². The molecule has 256 valence electrons. The van der Waals surface area contributed by atoms with E-state index in [1.807, 2.05) is 0 Å². The van der Waals surface area contributed by atoms with Gasteiger partial charge in [0.25, 0.3) is 0 Å². The van der Waals surface area contributed by atoms with Crippen molar-refractivity contribution in [1.29, 1.82) is 0 Å². The fourth-order valence-corrected chi connectivity index (χ4v) is 8.83. The Balaban J connectivity index is 1.13. The summed E-state index contributed by atoms with van der Waals surface area (Å²) in [6, 6.07) is 71.8. The van der Waals surface area contributed by atoms with Gasteiger partial charge in [0.1, 0.15) is 0 Å². The van der Waals surface area contributed by atoms with E-state index >= 15 is 0 Å². The highest BCUT2D eigenvalue weighted by atomic mass is 15.0. The van der Waals surface area contributed by atoms with Crippen molar-refractivity contribution in [2.24, 2.45) is 0 Å². The van der Waals surface area contributed by atoms with Gasteiger partial charge in [0.15, 0.2) is 17.5 Å². The van der Waals surface area contributed by atoms with E-state index in [1.54, 1.807) is 0 Å². The minimum absolute atomic E-state index is 0.447. The molecule has 10 aromatic rings. The number of hydrogen-bond acceptors (Lipinski definition) is 3. The normalized spacial score (nSPS) is 12.9. The second kappa shape index (κ2) is 12.4. The van der Waals surface area contributed by atoms with Gasteiger partial charge in [-0.2, -0.15) is 0 Å². The third-order valence-corrected chi connectivity index (χ3v) is 11.3. The molecule has 9 aromatic carbocycles. The van der Waals surface area contributed by atoms with E-state index in [0.29, 0.717) is 17.5 Å². The lowest BCUT2D eigenvalue weighted by atomic mass is 9.67. The van der Waals surface area contributed by atoms with Crippen LogP contribution in [0, 0.1) is 0 Å². The zero-order valence-corrected chi connectivity index (χ0v) is 29.9. The quantitative estimate of drug-likeness (QED) is 0.179. The Morgan fingerprint density at radius 2 is 0.818 bits per heavy atom. The number of aromatic nitrogens is 3. The Kier molecular flexibility index (Phi) is 7.08. The van der Waals surface area contributed by atoms with Crippen LogP contribution in [0.25, 0.3) is 77.6 Å². The molecule has 1 aliphatic carbocycles. The molecule has 1 aliphatic rings. The maximum atomic E-state index is 5.21. The van der Waals surface area contributed by atoms with Crippen LogP contribution in [0.1, 0.15) is 22.3 Å². The van der Waals surface area contributed by atoms with E-state index in [1.165, 1.54) is 44.2 Å². The standard InChI is InChI=1S/C52H33N3/c1-3-18-41(19-4-1)52(42-20-5-2-6-21-42)47-25-12-11-23-44(47)46-32-40-31-39(29-27-37(40)33-48(46)52)50-53-49(38-28-26-34-14-7-8-16-36(34)30-38)54-51(55-50)45-24-13-17-35-15-9-10-22-43(35)45/h1-33H. The molecule has 3 heteroatoms. The van der Waals surface area contributed by atoms with Crippen molar-refractivity contribution in [1.82, 2.24) is 15.0 Å². The second-order valence-electron chi connectivity index (χ2n) is 14.4. The van der Waals surface area contributed by atoms with Gasteiger partial charge in [-0.15, -0.1) is 0 Å². The van der Waals surface area contributed by atoms with Crippen molar-refractivity contribution in [3.05, 3.63) is 222 Å². The van der Waals surface area contributed by atoms with Gasteiger partial charge >= 0.3 is 0 Å². The molecule has 1 heterocycles. The molecule has 55 heavy (non-hydrogen) atoms. The molecule has 0 spiro atoms. The van der Waals surface area contributed by atoms with Crippen molar-refractivity contribution in [2.45, 2.75) is 5.41 Å². The summed E-state index contributed by atoms with van der Waals surface area (Å²) in [6.45, 7) is 0. The average Bonchev–Trinajstić information content (AvgIpc) is 3.55. The van der Waals surface area contributed by atoms with E-state index in [4.69, 9.17) is 15.0 Å². The zero-order chi connectivity index (χ0) is 36.3. The third kappa shape index (κ3) is 4.94. The highest BCUT2D eigenvalue weighted by Crippen LogP contribution is 2.56. The Labute approximate surface area is 319 Å². The van der Waals surface area contributed by atoms with Crippen molar-refractivity contribution in [3.63, 3.8) is 0 Å². The Morgan fingerprint density at radius 1 is 0.291 bits per heavy atom. The molecule has 0 saturated carbocycles. The zero-order valence-electron chi connectivity index (χ0n) is 29.9. The highest BCUT2D eigenvalue weighted by molar-refractivity contribution is 5.98. The molecule has 0 radical (unpaired) electrons. The molecule has 0 fully saturated rings. The number of benzene rings is 9. The molecular weight excluding hydrogens is 667 g/mol. The highest BCUT2D eigenvalue weighted by Gasteiger charge is 2.46. The van der Waals surface area contributed by atoms with Gasteiger partial charge in [-0.3, -0.25) is 0 Å². The lowest BCUT2D eigenvalue weighted by molar-refractivity contribution is 0.769. The molecule has 0 saturated heterocycles. The summed E-state index contributed by atoms with van der Waals surface area (Å²) >= 11 is 0.